The van der Waals surface area contributed by atoms with E-state index in [1.807, 2.05) is 0 Å². The maximum Gasteiger partial charge on any atom is 0.416 e. The fourth-order valence-corrected chi connectivity index (χ4v) is 4.80. The maximum absolute atomic E-state index is 12.9. The van der Waals surface area contributed by atoms with Crippen LogP contribution in [0, 0.1) is 0 Å². The molecule has 1 aromatic heterocycles. The van der Waals surface area contributed by atoms with E-state index in [0.717, 1.165) is 18.6 Å². The Bertz CT molecular complexity index is 822. The Morgan fingerprint density at radius 3 is 2.69 bits per heavy atom. The molecule has 1 saturated heterocycles. The molecular weight excluding hydrogens is 363 g/mol. The molecule has 3 nitrogen and oxygen atoms in total. The van der Waals surface area contributed by atoms with E-state index >= 15 is 0 Å². The molecule has 0 radical (unpaired) electrons. The van der Waals surface area contributed by atoms with Gasteiger partial charge in [0.05, 0.1) is 17.8 Å². The molecule has 26 heavy (non-hydrogen) atoms. The molecule has 0 bridgehead atoms. The number of alkyl halides is 3. The normalized spacial score (nSPS) is 19.4. The van der Waals surface area contributed by atoms with Crippen LogP contribution in [-0.4, -0.2) is 30.5 Å². The van der Waals surface area contributed by atoms with Gasteiger partial charge >= 0.3 is 6.18 Å². The van der Waals surface area contributed by atoms with Crippen LogP contribution in [-0.2, 0) is 22.9 Å². The van der Waals surface area contributed by atoms with E-state index in [1.165, 1.54) is 22.6 Å². The van der Waals surface area contributed by atoms with Gasteiger partial charge in [-0.2, -0.15) is 13.2 Å². The predicted octanol–water partition coefficient (Wildman–Crippen LogP) is 4.47. The van der Waals surface area contributed by atoms with Crippen LogP contribution in [0.2, 0.25) is 0 Å². The van der Waals surface area contributed by atoms with Crippen molar-refractivity contribution in [3.63, 3.8) is 0 Å². The van der Waals surface area contributed by atoms with Crippen molar-refractivity contribution in [3.8, 4) is 0 Å². The van der Waals surface area contributed by atoms with Gasteiger partial charge in [0.25, 0.3) is 5.91 Å². The van der Waals surface area contributed by atoms with Crippen molar-refractivity contribution in [2.24, 2.45) is 0 Å². The number of hydrogen-bond acceptors (Lipinski definition) is 3. The number of ether oxygens (including phenoxy) is 1. The Kier molecular flexibility index (Phi) is 4.31. The second-order valence-corrected chi connectivity index (χ2v) is 7.72. The van der Waals surface area contributed by atoms with Gasteiger partial charge in [-0.3, -0.25) is 4.79 Å². The second-order valence-electron chi connectivity index (χ2n) is 6.72. The number of halogens is 3. The van der Waals surface area contributed by atoms with E-state index in [0.29, 0.717) is 32.5 Å². The lowest BCUT2D eigenvalue weighted by molar-refractivity contribution is -0.137. The summed E-state index contributed by atoms with van der Waals surface area (Å²) in [4.78, 5) is 15.6. The number of benzene rings is 1. The van der Waals surface area contributed by atoms with Gasteiger partial charge in [0.1, 0.15) is 0 Å². The van der Waals surface area contributed by atoms with Crippen LogP contribution in [0.4, 0.5) is 13.2 Å². The third-order valence-electron chi connectivity index (χ3n) is 5.24. The average molecular weight is 381 g/mol. The van der Waals surface area contributed by atoms with E-state index in [9.17, 15) is 18.0 Å². The first-order valence-electron chi connectivity index (χ1n) is 8.56. The van der Waals surface area contributed by atoms with Gasteiger partial charge in [-0.15, -0.1) is 11.3 Å². The first kappa shape index (κ1) is 17.5. The first-order chi connectivity index (χ1) is 12.4. The summed E-state index contributed by atoms with van der Waals surface area (Å²) in [5.41, 5.74) is 0.157. The molecule has 7 heteroatoms. The molecule has 2 aliphatic heterocycles. The predicted molar refractivity (Wildman–Crippen MR) is 92.2 cm³/mol. The summed E-state index contributed by atoms with van der Waals surface area (Å²) in [5, 5.41) is 2.07. The number of rotatable bonds is 1. The molecule has 1 aromatic carbocycles. The van der Waals surface area contributed by atoms with Crippen LogP contribution in [0.5, 0.6) is 0 Å². The molecule has 1 amide bonds. The van der Waals surface area contributed by atoms with E-state index in [1.54, 1.807) is 16.2 Å². The zero-order valence-electron chi connectivity index (χ0n) is 14.0. The number of piperidine rings is 1. The van der Waals surface area contributed by atoms with Crippen molar-refractivity contribution in [2.45, 2.75) is 31.0 Å². The lowest BCUT2D eigenvalue weighted by Gasteiger charge is -2.44. The van der Waals surface area contributed by atoms with Crippen molar-refractivity contribution < 1.29 is 22.7 Å². The molecular formula is C19H18F3NO2S. The highest BCUT2D eigenvalue weighted by Crippen LogP contribution is 2.43. The van der Waals surface area contributed by atoms with Crippen LogP contribution in [0.3, 0.4) is 0 Å². The van der Waals surface area contributed by atoms with Gasteiger partial charge < -0.3 is 9.64 Å². The standard InChI is InChI=1S/C19H18F3NO2S/c20-19(21,22)14-3-1-2-13(12-14)17(24)23-8-6-18(7-9-23)15-5-11-26-16(15)4-10-25-18/h1-3,5,11-12H,4,6-10H2. The largest absolute Gasteiger partial charge is 0.416 e. The van der Waals surface area contributed by atoms with Gasteiger partial charge in [0.15, 0.2) is 0 Å². The van der Waals surface area contributed by atoms with E-state index in [2.05, 4.69) is 11.4 Å². The number of thiophene rings is 1. The lowest BCUT2D eigenvalue weighted by atomic mass is 9.82. The molecule has 1 spiro atoms. The quantitative estimate of drug-likeness (QED) is 0.729. The van der Waals surface area contributed by atoms with Gasteiger partial charge in [-0.05, 0) is 48.1 Å². The van der Waals surface area contributed by atoms with Crippen molar-refractivity contribution in [1.29, 1.82) is 0 Å². The van der Waals surface area contributed by atoms with Gasteiger partial charge in [0.2, 0.25) is 0 Å². The van der Waals surface area contributed by atoms with Crippen LogP contribution in [0.25, 0.3) is 0 Å². The molecule has 3 heterocycles. The molecule has 138 valence electrons. The van der Waals surface area contributed by atoms with Crippen molar-refractivity contribution >= 4 is 17.2 Å². The number of hydrogen-bond donors (Lipinski definition) is 0. The topological polar surface area (TPSA) is 29.5 Å². The highest BCUT2D eigenvalue weighted by molar-refractivity contribution is 7.10. The van der Waals surface area contributed by atoms with Crippen molar-refractivity contribution in [1.82, 2.24) is 4.90 Å². The van der Waals surface area contributed by atoms with Crippen LogP contribution >= 0.6 is 11.3 Å². The Balaban J connectivity index is 1.50. The molecule has 0 atom stereocenters. The summed E-state index contributed by atoms with van der Waals surface area (Å²) in [7, 11) is 0. The molecule has 2 aromatic rings. The molecule has 0 unspecified atom stereocenters. The summed E-state index contributed by atoms with van der Waals surface area (Å²) in [6.07, 6.45) is -2.20. The van der Waals surface area contributed by atoms with Crippen LogP contribution in [0.1, 0.15) is 39.2 Å². The van der Waals surface area contributed by atoms with Gasteiger partial charge in [0, 0.05) is 30.0 Å². The SMILES string of the molecule is O=C(c1cccc(C(F)(F)F)c1)N1CCC2(CC1)OCCc1sccc12. The molecule has 0 N–H and O–H groups in total. The highest BCUT2D eigenvalue weighted by atomic mass is 32.1. The van der Waals surface area contributed by atoms with E-state index < -0.39 is 11.7 Å². The number of nitrogens with zero attached hydrogens (tertiary/aromatic N) is 1. The molecule has 2 aliphatic rings. The second kappa shape index (κ2) is 6.39. The molecule has 4 rings (SSSR count). The summed E-state index contributed by atoms with van der Waals surface area (Å²) in [6, 6.07) is 6.74. The summed E-state index contributed by atoms with van der Waals surface area (Å²) >= 11 is 1.73. The molecule has 0 saturated carbocycles. The highest BCUT2D eigenvalue weighted by Gasteiger charge is 2.42. The Labute approximate surface area is 153 Å². The minimum atomic E-state index is -4.45. The average Bonchev–Trinajstić information content (AvgIpc) is 3.12. The summed E-state index contributed by atoms with van der Waals surface area (Å²) < 4.78 is 44.8. The zero-order valence-corrected chi connectivity index (χ0v) is 14.8. The maximum atomic E-state index is 12.9. The van der Waals surface area contributed by atoms with Crippen LogP contribution in [0.15, 0.2) is 35.7 Å². The van der Waals surface area contributed by atoms with Gasteiger partial charge in [-0.1, -0.05) is 6.07 Å². The van der Waals surface area contributed by atoms with Gasteiger partial charge in [-0.25, -0.2) is 0 Å². The minimum absolute atomic E-state index is 0.0801. The van der Waals surface area contributed by atoms with E-state index in [4.69, 9.17) is 4.74 Å². The Morgan fingerprint density at radius 2 is 1.96 bits per heavy atom. The molecule has 1 fully saturated rings. The Morgan fingerprint density at radius 1 is 1.19 bits per heavy atom. The zero-order chi connectivity index (χ0) is 18.4. The van der Waals surface area contributed by atoms with Crippen molar-refractivity contribution in [2.75, 3.05) is 19.7 Å². The number of fused-ring (bicyclic) bond motifs is 2. The number of carbonyl (C=O) groups excluding carboxylic acids is 1. The lowest BCUT2D eigenvalue weighted by Crippen LogP contribution is -2.48. The fraction of sp³-hybridized carbons (Fsp3) is 0.421. The number of amides is 1. The fourth-order valence-electron chi connectivity index (χ4n) is 3.85. The third kappa shape index (κ3) is 3.03. The number of likely N-dealkylation sites (tertiary alicyclic amines) is 1. The molecule has 0 aliphatic carbocycles. The summed E-state index contributed by atoms with van der Waals surface area (Å²) in [6.45, 7) is 1.63. The summed E-state index contributed by atoms with van der Waals surface area (Å²) in [5.74, 6) is -0.354. The smallest absolute Gasteiger partial charge is 0.370 e. The minimum Gasteiger partial charge on any atom is -0.370 e. The number of carbonyl (C=O) groups is 1. The Hall–Kier alpha value is -1.86. The third-order valence-corrected chi connectivity index (χ3v) is 6.22. The van der Waals surface area contributed by atoms with Crippen molar-refractivity contribution in [3.05, 3.63) is 57.3 Å². The monoisotopic (exact) mass is 381 g/mol. The van der Waals surface area contributed by atoms with E-state index in [-0.39, 0.29) is 17.1 Å². The first-order valence-corrected chi connectivity index (χ1v) is 9.44. The van der Waals surface area contributed by atoms with Crippen LogP contribution < -0.4 is 0 Å².